The average molecular weight is 324 g/mol. The number of nitrogens with two attached hydrogens (primary N) is 1. The van der Waals surface area contributed by atoms with Crippen LogP contribution in [0.4, 0.5) is 10.1 Å². The van der Waals surface area contributed by atoms with Gasteiger partial charge in [-0.05, 0) is 24.3 Å². The molecule has 0 saturated heterocycles. The van der Waals surface area contributed by atoms with Gasteiger partial charge >= 0.3 is 0 Å². The number of halogens is 3. The SMILES string of the molecule is NC1=NCC(c2c(Cl)cccc2Cl)N1c1ccccc1F. The van der Waals surface area contributed by atoms with Crippen molar-refractivity contribution in [3.05, 3.63) is 63.9 Å². The predicted octanol–water partition coefficient (Wildman–Crippen LogP) is 4.01. The Balaban J connectivity index is 2.10. The quantitative estimate of drug-likeness (QED) is 0.907. The summed E-state index contributed by atoms with van der Waals surface area (Å²) in [5.74, 6) is -0.119. The van der Waals surface area contributed by atoms with Crippen LogP contribution in [0.2, 0.25) is 10.0 Å². The molecule has 3 nitrogen and oxygen atoms in total. The van der Waals surface area contributed by atoms with Crippen LogP contribution in [0.25, 0.3) is 0 Å². The molecule has 2 N–H and O–H groups in total. The number of nitrogens with zero attached hydrogens (tertiary/aromatic N) is 2. The summed E-state index contributed by atoms with van der Waals surface area (Å²) in [4.78, 5) is 5.84. The van der Waals surface area contributed by atoms with Crippen LogP contribution < -0.4 is 10.6 Å². The molecule has 0 bridgehead atoms. The van der Waals surface area contributed by atoms with E-state index in [1.807, 2.05) is 0 Å². The summed E-state index contributed by atoms with van der Waals surface area (Å²) in [6.07, 6.45) is 0. The fraction of sp³-hybridized carbons (Fsp3) is 0.133. The molecular formula is C15H12Cl2FN3. The summed E-state index contributed by atoms with van der Waals surface area (Å²) >= 11 is 12.5. The van der Waals surface area contributed by atoms with Gasteiger partial charge in [-0.3, -0.25) is 4.99 Å². The number of aliphatic imine (C=N–C) groups is 1. The van der Waals surface area contributed by atoms with Crippen LogP contribution in [0.1, 0.15) is 11.6 Å². The lowest BCUT2D eigenvalue weighted by Gasteiger charge is -2.28. The summed E-state index contributed by atoms with van der Waals surface area (Å²) in [5, 5.41) is 1.03. The molecule has 21 heavy (non-hydrogen) atoms. The van der Waals surface area contributed by atoms with Crippen molar-refractivity contribution in [2.24, 2.45) is 10.7 Å². The van der Waals surface area contributed by atoms with E-state index in [0.29, 0.717) is 27.8 Å². The Morgan fingerprint density at radius 2 is 1.76 bits per heavy atom. The van der Waals surface area contributed by atoms with Gasteiger partial charge in [0, 0.05) is 15.6 Å². The first-order valence-electron chi connectivity index (χ1n) is 6.37. The highest BCUT2D eigenvalue weighted by Crippen LogP contribution is 2.39. The average Bonchev–Trinajstić information content (AvgIpc) is 2.81. The van der Waals surface area contributed by atoms with Gasteiger partial charge in [0.25, 0.3) is 0 Å². The number of anilines is 1. The Morgan fingerprint density at radius 3 is 2.43 bits per heavy atom. The number of hydrogen-bond acceptors (Lipinski definition) is 3. The molecule has 0 spiro atoms. The Morgan fingerprint density at radius 1 is 1.10 bits per heavy atom. The number of para-hydroxylation sites is 1. The number of rotatable bonds is 2. The summed E-state index contributed by atoms with van der Waals surface area (Å²) in [5.41, 5.74) is 6.99. The molecule has 1 heterocycles. The monoisotopic (exact) mass is 323 g/mol. The van der Waals surface area contributed by atoms with Gasteiger partial charge in [-0.1, -0.05) is 41.4 Å². The normalized spacial score (nSPS) is 18.0. The van der Waals surface area contributed by atoms with Gasteiger partial charge < -0.3 is 10.6 Å². The maximum Gasteiger partial charge on any atom is 0.196 e. The highest BCUT2D eigenvalue weighted by Gasteiger charge is 2.33. The van der Waals surface area contributed by atoms with Gasteiger partial charge in [-0.25, -0.2) is 4.39 Å². The molecule has 6 heteroatoms. The third-order valence-electron chi connectivity index (χ3n) is 3.43. The van der Waals surface area contributed by atoms with Crippen molar-refractivity contribution in [2.75, 3.05) is 11.4 Å². The van der Waals surface area contributed by atoms with Crippen LogP contribution in [0.5, 0.6) is 0 Å². The van der Waals surface area contributed by atoms with Gasteiger partial charge in [0.1, 0.15) is 5.82 Å². The van der Waals surface area contributed by atoms with E-state index in [-0.39, 0.29) is 17.8 Å². The number of hydrogen-bond donors (Lipinski definition) is 1. The fourth-order valence-electron chi connectivity index (χ4n) is 2.49. The molecule has 1 unspecified atom stereocenters. The van der Waals surface area contributed by atoms with E-state index in [9.17, 15) is 4.39 Å². The van der Waals surface area contributed by atoms with Crippen LogP contribution in [0.15, 0.2) is 47.5 Å². The number of guanidine groups is 1. The molecule has 0 aromatic heterocycles. The van der Waals surface area contributed by atoms with E-state index < -0.39 is 0 Å². The molecule has 1 atom stereocenters. The van der Waals surface area contributed by atoms with Crippen molar-refractivity contribution < 1.29 is 4.39 Å². The third-order valence-corrected chi connectivity index (χ3v) is 4.09. The molecule has 2 aromatic carbocycles. The Kier molecular flexibility index (Phi) is 3.74. The van der Waals surface area contributed by atoms with E-state index in [2.05, 4.69) is 4.99 Å². The molecule has 0 amide bonds. The van der Waals surface area contributed by atoms with Crippen molar-refractivity contribution in [1.29, 1.82) is 0 Å². The second-order valence-electron chi connectivity index (χ2n) is 4.67. The minimum Gasteiger partial charge on any atom is -0.369 e. The summed E-state index contributed by atoms with van der Waals surface area (Å²) in [6, 6.07) is 11.3. The first kappa shape index (κ1) is 14.2. The molecule has 1 aliphatic rings. The fourth-order valence-corrected chi connectivity index (χ4v) is 3.13. The first-order valence-corrected chi connectivity index (χ1v) is 7.13. The standard InChI is InChI=1S/C15H12Cl2FN3/c16-9-4-3-5-10(17)14(9)13-8-20-15(19)21(13)12-7-2-1-6-11(12)18/h1-7,13H,8H2,(H2,19,20). The minimum absolute atomic E-state index is 0.251. The van der Waals surface area contributed by atoms with Crippen LogP contribution in [-0.2, 0) is 0 Å². The van der Waals surface area contributed by atoms with Crippen molar-refractivity contribution in [3.63, 3.8) is 0 Å². The molecule has 0 saturated carbocycles. The minimum atomic E-state index is -0.370. The lowest BCUT2D eigenvalue weighted by Crippen LogP contribution is -2.37. The van der Waals surface area contributed by atoms with Crippen molar-refractivity contribution in [2.45, 2.75) is 6.04 Å². The topological polar surface area (TPSA) is 41.6 Å². The molecule has 2 aromatic rings. The lowest BCUT2D eigenvalue weighted by molar-refractivity contribution is 0.619. The molecule has 108 valence electrons. The third kappa shape index (κ3) is 2.45. The van der Waals surface area contributed by atoms with Crippen molar-refractivity contribution >= 4 is 34.8 Å². The molecule has 3 rings (SSSR count). The van der Waals surface area contributed by atoms with Gasteiger partial charge in [0.2, 0.25) is 0 Å². The second kappa shape index (κ2) is 5.54. The molecule has 0 aliphatic carbocycles. The maximum absolute atomic E-state index is 14.1. The van der Waals surface area contributed by atoms with Gasteiger partial charge in [0.05, 0.1) is 18.3 Å². The summed E-state index contributed by atoms with van der Waals surface area (Å²) in [6.45, 7) is 0.379. The molecular weight excluding hydrogens is 312 g/mol. The predicted molar refractivity (Wildman–Crippen MR) is 84.6 cm³/mol. The number of benzene rings is 2. The van der Waals surface area contributed by atoms with Gasteiger partial charge in [-0.2, -0.15) is 0 Å². The van der Waals surface area contributed by atoms with Gasteiger partial charge in [-0.15, -0.1) is 0 Å². The summed E-state index contributed by atoms with van der Waals surface area (Å²) in [7, 11) is 0. The summed E-state index contributed by atoms with van der Waals surface area (Å²) < 4.78 is 14.1. The molecule has 0 fully saturated rings. The van der Waals surface area contributed by atoms with E-state index in [4.69, 9.17) is 28.9 Å². The molecule has 1 aliphatic heterocycles. The van der Waals surface area contributed by atoms with Crippen molar-refractivity contribution in [1.82, 2.24) is 0 Å². The molecule has 0 radical (unpaired) electrons. The Bertz CT molecular complexity index is 698. The second-order valence-corrected chi connectivity index (χ2v) is 5.49. The Labute approximate surface area is 131 Å². The zero-order valence-electron chi connectivity index (χ0n) is 10.9. The zero-order valence-corrected chi connectivity index (χ0v) is 12.4. The lowest BCUT2D eigenvalue weighted by atomic mass is 10.1. The smallest absolute Gasteiger partial charge is 0.196 e. The van der Waals surface area contributed by atoms with Crippen LogP contribution in [0.3, 0.4) is 0 Å². The van der Waals surface area contributed by atoms with Crippen LogP contribution in [0, 0.1) is 5.82 Å². The Hall–Kier alpha value is -1.78. The van der Waals surface area contributed by atoms with E-state index >= 15 is 0 Å². The highest BCUT2D eigenvalue weighted by molar-refractivity contribution is 6.36. The van der Waals surface area contributed by atoms with Gasteiger partial charge in [0.15, 0.2) is 5.96 Å². The van der Waals surface area contributed by atoms with Crippen molar-refractivity contribution in [3.8, 4) is 0 Å². The van der Waals surface area contributed by atoms with E-state index in [1.54, 1.807) is 41.3 Å². The van der Waals surface area contributed by atoms with Crippen LogP contribution in [-0.4, -0.2) is 12.5 Å². The van der Waals surface area contributed by atoms with Crippen LogP contribution >= 0.6 is 23.2 Å². The first-order chi connectivity index (χ1) is 10.1. The maximum atomic E-state index is 14.1. The highest BCUT2D eigenvalue weighted by atomic mass is 35.5. The largest absolute Gasteiger partial charge is 0.369 e. The van der Waals surface area contributed by atoms with E-state index in [0.717, 1.165) is 0 Å². The zero-order chi connectivity index (χ0) is 15.0. The van der Waals surface area contributed by atoms with E-state index in [1.165, 1.54) is 6.07 Å².